The fourth-order valence-electron chi connectivity index (χ4n) is 1.23. The molecule has 2 nitrogen and oxygen atoms in total. The lowest BCUT2D eigenvalue weighted by Crippen LogP contribution is -2.16. The van der Waals surface area contributed by atoms with Gasteiger partial charge in [0.05, 0.1) is 12.6 Å². The van der Waals surface area contributed by atoms with Crippen LogP contribution in [0.25, 0.3) is 0 Å². The molecule has 0 fully saturated rings. The van der Waals surface area contributed by atoms with Crippen LogP contribution in [-0.2, 0) is 4.79 Å². The summed E-state index contributed by atoms with van der Waals surface area (Å²) in [5, 5.41) is 8.73. The third-order valence-corrected chi connectivity index (χ3v) is 1.79. The molecule has 72 valence electrons. The zero-order chi connectivity index (χ0) is 9.56. The standard InChI is InChI=1S/C9H17FO2/c1-7(2)6-8(9(11)12)4-3-5-10/h7-8H,3-6H2,1-2H3,(H,11,12). The Morgan fingerprint density at radius 3 is 2.42 bits per heavy atom. The van der Waals surface area contributed by atoms with Crippen molar-refractivity contribution < 1.29 is 14.3 Å². The van der Waals surface area contributed by atoms with Crippen LogP contribution in [0.2, 0.25) is 0 Å². The van der Waals surface area contributed by atoms with Crippen LogP contribution < -0.4 is 0 Å². The number of aliphatic carboxylic acids is 1. The summed E-state index contributed by atoms with van der Waals surface area (Å²) >= 11 is 0. The lowest BCUT2D eigenvalue weighted by atomic mass is 9.93. The van der Waals surface area contributed by atoms with Gasteiger partial charge in [-0.15, -0.1) is 0 Å². The summed E-state index contributed by atoms with van der Waals surface area (Å²) in [5.41, 5.74) is 0. The van der Waals surface area contributed by atoms with Gasteiger partial charge in [-0.3, -0.25) is 9.18 Å². The second-order valence-corrected chi connectivity index (χ2v) is 3.50. The Bertz CT molecular complexity index is 134. The molecule has 12 heavy (non-hydrogen) atoms. The minimum atomic E-state index is -0.794. The molecule has 0 heterocycles. The minimum Gasteiger partial charge on any atom is -0.481 e. The Morgan fingerprint density at radius 1 is 1.50 bits per heavy atom. The van der Waals surface area contributed by atoms with Crippen LogP contribution in [0.5, 0.6) is 0 Å². The number of hydrogen-bond donors (Lipinski definition) is 1. The Hall–Kier alpha value is -0.600. The maximum atomic E-state index is 11.8. The largest absolute Gasteiger partial charge is 0.481 e. The lowest BCUT2D eigenvalue weighted by Gasteiger charge is -2.13. The fourth-order valence-corrected chi connectivity index (χ4v) is 1.23. The van der Waals surface area contributed by atoms with Gasteiger partial charge in [-0.25, -0.2) is 0 Å². The van der Waals surface area contributed by atoms with E-state index in [4.69, 9.17) is 5.11 Å². The van der Waals surface area contributed by atoms with Gasteiger partial charge in [0.2, 0.25) is 0 Å². The maximum Gasteiger partial charge on any atom is 0.306 e. The highest BCUT2D eigenvalue weighted by Crippen LogP contribution is 2.17. The number of carbonyl (C=O) groups is 1. The number of halogens is 1. The average Bonchev–Trinajstić information content (AvgIpc) is 1.96. The van der Waals surface area contributed by atoms with E-state index >= 15 is 0 Å². The molecule has 0 aliphatic heterocycles. The van der Waals surface area contributed by atoms with E-state index in [0.29, 0.717) is 25.2 Å². The normalized spacial score (nSPS) is 13.3. The molecule has 0 aromatic carbocycles. The van der Waals surface area contributed by atoms with Crippen molar-refractivity contribution in [2.24, 2.45) is 11.8 Å². The van der Waals surface area contributed by atoms with Gasteiger partial charge in [-0.05, 0) is 25.2 Å². The van der Waals surface area contributed by atoms with Crippen LogP contribution in [0.3, 0.4) is 0 Å². The van der Waals surface area contributed by atoms with Gasteiger partial charge in [0, 0.05) is 0 Å². The molecular weight excluding hydrogens is 159 g/mol. The van der Waals surface area contributed by atoms with E-state index in [-0.39, 0.29) is 5.92 Å². The van der Waals surface area contributed by atoms with Crippen LogP contribution in [0.15, 0.2) is 0 Å². The summed E-state index contributed by atoms with van der Waals surface area (Å²) in [6, 6.07) is 0. The van der Waals surface area contributed by atoms with Crippen molar-refractivity contribution in [3.63, 3.8) is 0 Å². The molecule has 0 bridgehead atoms. The predicted octanol–water partition coefficient (Wildman–Crippen LogP) is 2.48. The summed E-state index contributed by atoms with van der Waals surface area (Å²) in [6.45, 7) is 3.54. The number of carboxylic acids is 1. The lowest BCUT2D eigenvalue weighted by molar-refractivity contribution is -0.142. The van der Waals surface area contributed by atoms with Crippen LogP contribution >= 0.6 is 0 Å². The van der Waals surface area contributed by atoms with Gasteiger partial charge < -0.3 is 5.11 Å². The van der Waals surface area contributed by atoms with Crippen molar-refractivity contribution in [1.29, 1.82) is 0 Å². The zero-order valence-electron chi connectivity index (χ0n) is 7.72. The van der Waals surface area contributed by atoms with E-state index in [1.54, 1.807) is 0 Å². The van der Waals surface area contributed by atoms with Gasteiger partial charge in [-0.2, -0.15) is 0 Å². The van der Waals surface area contributed by atoms with E-state index in [1.165, 1.54) is 0 Å². The third kappa shape index (κ3) is 5.10. The molecule has 3 heteroatoms. The van der Waals surface area contributed by atoms with Crippen molar-refractivity contribution >= 4 is 5.97 Å². The molecule has 0 saturated heterocycles. The summed E-state index contributed by atoms with van der Waals surface area (Å²) in [4.78, 5) is 10.6. The monoisotopic (exact) mass is 176 g/mol. The van der Waals surface area contributed by atoms with Crippen LogP contribution in [-0.4, -0.2) is 17.8 Å². The zero-order valence-corrected chi connectivity index (χ0v) is 7.72. The smallest absolute Gasteiger partial charge is 0.306 e. The molecule has 0 spiro atoms. The quantitative estimate of drug-likeness (QED) is 0.675. The Labute approximate surface area is 72.8 Å². The highest BCUT2D eigenvalue weighted by Gasteiger charge is 2.17. The van der Waals surface area contributed by atoms with E-state index in [0.717, 1.165) is 0 Å². The topological polar surface area (TPSA) is 37.3 Å². The number of hydrogen-bond acceptors (Lipinski definition) is 1. The van der Waals surface area contributed by atoms with E-state index in [9.17, 15) is 9.18 Å². The summed E-state index contributed by atoms with van der Waals surface area (Å²) in [7, 11) is 0. The molecule has 1 unspecified atom stereocenters. The maximum absolute atomic E-state index is 11.8. The first kappa shape index (κ1) is 11.4. The first-order valence-electron chi connectivity index (χ1n) is 4.36. The van der Waals surface area contributed by atoms with Crippen LogP contribution in [0, 0.1) is 11.8 Å². The van der Waals surface area contributed by atoms with Gasteiger partial charge in [-0.1, -0.05) is 13.8 Å². The van der Waals surface area contributed by atoms with Crippen molar-refractivity contribution in [1.82, 2.24) is 0 Å². The minimum absolute atomic E-state index is 0.360. The molecule has 1 atom stereocenters. The van der Waals surface area contributed by atoms with Crippen molar-refractivity contribution in [3.05, 3.63) is 0 Å². The number of alkyl halides is 1. The predicted molar refractivity (Wildman–Crippen MR) is 45.8 cm³/mol. The molecule has 1 N–H and O–H groups in total. The second-order valence-electron chi connectivity index (χ2n) is 3.50. The molecule has 0 aliphatic rings. The van der Waals surface area contributed by atoms with Crippen LogP contribution in [0.1, 0.15) is 33.1 Å². The SMILES string of the molecule is CC(C)CC(CCCF)C(=O)O. The highest BCUT2D eigenvalue weighted by molar-refractivity contribution is 5.69. The van der Waals surface area contributed by atoms with Gasteiger partial charge in [0.15, 0.2) is 0 Å². The summed E-state index contributed by atoms with van der Waals surface area (Å²) in [6.07, 6.45) is 1.48. The molecule has 0 rings (SSSR count). The summed E-state index contributed by atoms with van der Waals surface area (Å²) in [5.74, 6) is -0.788. The van der Waals surface area contributed by atoms with E-state index in [2.05, 4.69) is 0 Å². The third-order valence-electron chi connectivity index (χ3n) is 1.79. The van der Waals surface area contributed by atoms with Crippen molar-refractivity contribution in [2.75, 3.05) is 6.67 Å². The first-order chi connectivity index (χ1) is 5.57. The molecule has 0 aliphatic carbocycles. The number of carboxylic acid groups (broad SMARTS) is 1. The molecule has 0 radical (unpaired) electrons. The van der Waals surface area contributed by atoms with E-state index in [1.807, 2.05) is 13.8 Å². The van der Waals surface area contributed by atoms with Crippen molar-refractivity contribution in [2.45, 2.75) is 33.1 Å². The molecule has 0 amide bonds. The highest BCUT2D eigenvalue weighted by atomic mass is 19.1. The molecule has 0 aromatic heterocycles. The Balaban J connectivity index is 3.78. The summed E-state index contributed by atoms with van der Waals surface area (Å²) < 4.78 is 11.8. The van der Waals surface area contributed by atoms with Gasteiger partial charge >= 0.3 is 5.97 Å². The second kappa shape index (κ2) is 5.98. The fraction of sp³-hybridized carbons (Fsp3) is 0.889. The number of rotatable bonds is 6. The molecular formula is C9H17FO2. The van der Waals surface area contributed by atoms with Crippen LogP contribution in [0.4, 0.5) is 4.39 Å². The van der Waals surface area contributed by atoms with Crippen molar-refractivity contribution in [3.8, 4) is 0 Å². The average molecular weight is 176 g/mol. The van der Waals surface area contributed by atoms with E-state index < -0.39 is 12.6 Å². The Kier molecular flexibility index (Phi) is 5.68. The molecule has 0 saturated carbocycles. The molecule has 0 aromatic rings. The van der Waals surface area contributed by atoms with Gasteiger partial charge in [0.1, 0.15) is 0 Å². The first-order valence-corrected chi connectivity index (χ1v) is 4.36. The van der Waals surface area contributed by atoms with Gasteiger partial charge in [0.25, 0.3) is 0 Å². The Morgan fingerprint density at radius 2 is 2.08 bits per heavy atom.